The molecule has 2 aromatic carbocycles. The van der Waals surface area contributed by atoms with Crippen molar-refractivity contribution in [3.05, 3.63) is 54.1 Å². The first-order valence-corrected chi connectivity index (χ1v) is 12.4. The summed E-state index contributed by atoms with van der Waals surface area (Å²) in [5.74, 6) is 1.11. The monoisotopic (exact) mass is 415 g/mol. The normalized spacial score (nSPS) is 13.3. The van der Waals surface area contributed by atoms with Crippen molar-refractivity contribution in [2.75, 3.05) is 39.1 Å². The average molecular weight is 416 g/mol. The van der Waals surface area contributed by atoms with Crippen molar-refractivity contribution in [3.63, 3.8) is 0 Å². The van der Waals surface area contributed by atoms with E-state index in [2.05, 4.69) is 53.4 Å². The predicted molar refractivity (Wildman–Crippen MR) is 131 cm³/mol. The Morgan fingerprint density at radius 2 is 1.38 bits per heavy atom. The highest BCUT2D eigenvalue weighted by molar-refractivity contribution is 7.99. The van der Waals surface area contributed by atoms with Gasteiger partial charge in [-0.2, -0.15) is 0 Å². The van der Waals surface area contributed by atoms with E-state index < -0.39 is 0 Å². The first-order chi connectivity index (χ1) is 14.3. The molecule has 1 aliphatic heterocycles. The molecule has 0 aliphatic carbocycles. The summed E-state index contributed by atoms with van der Waals surface area (Å²) >= 11 is 1.90. The van der Waals surface area contributed by atoms with Gasteiger partial charge in [-0.05, 0) is 67.6 Å². The highest BCUT2D eigenvalue weighted by Gasteiger charge is 2.10. The number of likely N-dealkylation sites (tertiary alicyclic amines) is 1. The number of thioether (sulfide) groups is 1. The number of rotatable bonds is 9. The number of nitrogens with zero attached hydrogens (tertiary/aromatic N) is 1. The Morgan fingerprint density at radius 1 is 0.828 bits per heavy atom. The highest BCUT2D eigenvalue weighted by atomic mass is 32.2. The second kappa shape index (κ2) is 16.5. The third-order valence-corrected chi connectivity index (χ3v) is 5.92. The third kappa shape index (κ3) is 9.84. The molecule has 1 aliphatic rings. The second-order valence-electron chi connectivity index (χ2n) is 6.71. The summed E-state index contributed by atoms with van der Waals surface area (Å²) in [5.41, 5.74) is 4.05. The second-order valence-corrected chi connectivity index (χ2v) is 7.88. The summed E-state index contributed by atoms with van der Waals surface area (Å²) in [6.07, 6.45) is 5.01. The summed E-state index contributed by atoms with van der Waals surface area (Å²) in [5, 5.41) is 0. The van der Waals surface area contributed by atoms with E-state index in [0.29, 0.717) is 0 Å². The van der Waals surface area contributed by atoms with Crippen LogP contribution in [0.25, 0.3) is 11.1 Å². The minimum atomic E-state index is 0.842. The summed E-state index contributed by atoms with van der Waals surface area (Å²) in [6, 6.07) is 18.0. The van der Waals surface area contributed by atoms with Crippen molar-refractivity contribution in [2.45, 2.75) is 58.3 Å². The maximum Gasteiger partial charge on any atom is 0.0470 e. The molecular weight excluding hydrogens is 374 g/mol. The Bertz CT molecular complexity index is 618. The zero-order valence-corrected chi connectivity index (χ0v) is 20.1. The zero-order chi connectivity index (χ0) is 21.3. The lowest BCUT2D eigenvalue weighted by atomic mass is 10.0. The number of hydrogen-bond donors (Lipinski definition) is 0. The summed E-state index contributed by atoms with van der Waals surface area (Å²) < 4.78 is 5.10. The fraction of sp³-hybridized carbons (Fsp3) is 0.538. The highest BCUT2D eigenvalue weighted by Crippen LogP contribution is 2.25. The van der Waals surface area contributed by atoms with E-state index in [1.807, 2.05) is 39.5 Å². The molecule has 0 spiro atoms. The van der Waals surface area contributed by atoms with E-state index in [4.69, 9.17) is 4.74 Å². The molecule has 0 unspecified atom stereocenters. The number of hydrogen-bond acceptors (Lipinski definition) is 3. The van der Waals surface area contributed by atoms with Crippen LogP contribution in [0.1, 0.15) is 52.5 Å². The standard InChI is InChI=1S/C22H29NOS.2C2H6/c1-24-17-4-18-25-22-11-9-21(10-12-22)20-7-5-19(6-8-20)13-16-23-14-2-3-15-23;2*1-2/h5-12H,2-4,13-18H2,1H3;2*1-2H3. The predicted octanol–water partition coefficient (Wildman–Crippen LogP) is 7.17. The lowest BCUT2D eigenvalue weighted by molar-refractivity contribution is 0.200. The Hall–Kier alpha value is -1.29. The van der Waals surface area contributed by atoms with Crippen molar-refractivity contribution < 1.29 is 4.74 Å². The van der Waals surface area contributed by atoms with Crippen molar-refractivity contribution in [1.29, 1.82) is 0 Å². The number of benzene rings is 2. The maximum atomic E-state index is 5.10. The van der Waals surface area contributed by atoms with Gasteiger partial charge in [0.05, 0.1) is 0 Å². The average Bonchev–Trinajstić information content (AvgIpc) is 3.33. The lowest BCUT2D eigenvalue weighted by Crippen LogP contribution is -2.21. The molecule has 1 saturated heterocycles. The van der Waals surface area contributed by atoms with Gasteiger partial charge in [-0.25, -0.2) is 0 Å². The van der Waals surface area contributed by atoms with Gasteiger partial charge in [0, 0.05) is 30.9 Å². The van der Waals surface area contributed by atoms with Crippen LogP contribution in [0, 0.1) is 0 Å². The molecule has 1 heterocycles. The Kier molecular flexibility index (Phi) is 14.6. The molecule has 29 heavy (non-hydrogen) atoms. The van der Waals surface area contributed by atoms with E-state index in [0.717, 1.165) is 25.2 Å². The fourth-order valence-electron chi connectivity index (χ4n) is 3.29. The van der Waals surface area contributed by atoms with Crippen molar-refractivity contribution >= 4 is 11.8 Å². The first-order valence-electron chi connectivity index (χ1n) is 11.4. The van der Waals surface area contributed by atoms with Gasteiger partial charge in [-0.3, -0.25) is 0 Å². The van der Waals surface area contributed by atoms with Crippen molar-refractivity contribution in [3.8, 4) is 11.1 Å². The van der Waals surface area contributed by atoms with E-state index in [9.17, 15) is 0 Å². The molecule has 1 fully saturated rings. The molecular formula is C26H41NOS. The Balaban J connectivity index is 0.000000989. The van der Waals surface area contributed by atoms with Gasteiger partial charge in [0.25, 0.3) is 0 Å². The van der Waals surface area contributed by atoms with Gasteiger partial charge >= 0.3 is 0 Å². The molecule has 0 radical (unpaired) electrons. The van der Waals surface area contributed by atoms with Crippen LogP contribution < -0.4 is 0 Å². The quantitative estimate of drug-likeness (QED) is 0.318. The van der Waals surface area contributed by atoms with Crippen LogP contribution in [-0.2, 0) is 11.2 Å². The van der Waals surface area contributed by atoms with Gasteiger partial charge in [-0.15, -0.1) is 11.8 Å². The van der Waals surface area contributed by atoms with E-state index in [1.54, 1.807) is 7.11 Å². The zero-order valence-electron chi connectivity index (χ0n) is 19.2. The van der Waals surface area contributed by atoms with Crippen LogP contribution >= 0.6 is 11.8 Å². The van der Waals surface area contributed by atoms with Gasteiger partial charge in [-0.1, -0.05) is 64.1 Å². The molecule has 0 aromatic heterocycles. The molecule has 3 rings (SSSR count). The minimum absolute atomic E-state index is 0.842. The Morgan fingerprint density at radius 3 is 1.93 bits per heavy atom. The third-order valence-electron chi connectivity index (χ3n) is 4.82. The molecule has 0 bridgehead atoms. The molecule has 2 aromatic rings. The van der Waals surface area contributed by atoms with Gasteiger partial charge < -0.3 is 9.64 Å². The van der Waals surface area contributed by atoms with Gasteiger partial charge in [0.1, 0.15) is 0 Å². The summed E-state index contributed by atoms with van der Waals surface area (Å²) in [6.45, 7) is 12.6. The van der Waals surface area contributed by atoms with Crippen LogP contribution in [0.3, 0.4) is 0 Å². The van der Waals surface area contributed by atoms with E-state index in [-0.39, 0.29) is 0 Å². The van der Waals surface area contributed by atoms with Gasteiger partial charge in [0.2, 0.25) is 0 Å². The largest absolute Gasteiger partial charge is 0.385 e. The van der Waals surface area contributed by atoms with Crippen molar-refractivity contribution in [2.24, 2.45) is 0 Å². The van der Waals surface area contributed by atoms with Crippen LogP contribution in [0.15, 0.2) is 53.4 Å². The van der Waals surface area contributed by atoms with Crippen LogP contribution in [0.2, 0.25) is 0 Å². The molecule has 0 amide bonds. The molecule has 2 nitrogen and oxygen atoms in total. The topological polar surface area (TPSA) is 12.5 Å². The van der Waals surface area contributed by atoms with Crippen LogP contribution in [0.5, 0.6) is 0 Å². The van der Waals surface area contributed by atoms with E-state index in [1.165, 1.54) is 54.1 Å². The first kappa shape index (κ1) is 25.7. The summed E-state index contributed by atoms with van der Waals surface area (Å²) in [7, 11) is 1.76. The summed E-state index contributed by atoms with van der Waals surface area (Å²) in [4.78, 5) is 3.92. The van der Waals surface area contributed by atoms with E-state index >= 15 is 0 Å². The SMILES string of the molecule is CC.CC.COCCCSc1ccc(-c2ccc(CCN3CCCC3)cc2)cc1. The minimum Gasteiger partial charge on any atom is -0.385 e. The number of methoxy groups -OCH3 is 1. The van der Waals surface area contributed by atoms with Crippen molar-refractivity contribution in [1.82, 2.24) is 4.90 Å². The lowest BCUT2D eigenvalue weighted by Gasteiger charge is -2.14. The van der Waals surface area contributed by atoms with Crippen LogP contribution in [0.4, 0.5) is 0 Å². The fourth-order valence-corrected chi connectivity index (χ4v) is 4.12. The molecule has 3 heteroatoms. The molecule has 162 valence electrons. The maximum absolute atomic E-state index is 5.10. The van der Waals surface area contributed by atoms with Crippen LogP contribution in [-0.4, -0.2) is 44.0 Å². The van der Waals surface area contributed by atoms with Gasteiger partial charge in [0.15, 0.2) is 0 Å². The molecule has 0 saturated carbocycles. The molecule has 0 N–H and O–H groups in total. The Labute approximate surface area is 184 Å². The smallest absolute Gasteiger partial charge is 0.0470 e. The number of ether oxygens (including phenoxy) is 1. The molecule has 0 atom stereocenters.